The van der Waals surface area contributed by atoms with Crippen molar-refractivity contribution in [2.75, 3.05) is 18.8 Å². The molecular weight excluding hydrogens is 466 g/mol. The molecule has 0 bridgehead atoms. The van der Waals surface area contributed by atoms with E-state index in [9.17, 15) is 22.0 Å². The second-order valence-corrected chi connectivity index (χ2v) is 9.36. The Morgan fingerprint density at radius 2 is 1.88 bits per heavy atom. The number of halogens is 2. The Morgan fingerprint density at radius 3 is 2.59 bits per heavy atom. The smallest absolute Gasteiger partial charge is 0.262 e. The van der Waals surface area contributed by atoms with Crippen LogP contribution in [0.3, 0.4) is 0 Å². The highest BCUT2D eigenvalue weighted by Crippen LogP contribution is 2.25. The van der Waals surface area contributed by atoms with Gasteiger partial charge in [-0.05, 0) is 42.5 Å². The maximum absolute atomic E-state index is 13.5. The van der Waals surface area contributed by atoms with E-state index in [1.54, 1.807) is 50.8 Å². The number of carbonyl (C=O) groups excluding carboxylic acids is 1. The lowest BCUT2D eigenvalue weighted by Gasteiger charge is -2.09. The number of likely N-dealkylation sites (N-methyl/N-ethyl adjacent to an activating group) is 1. The summed E-state index contributed by atoms with van der Waals surface area (Å²) in [6, 6.07) is 6.77. The van der Waals surface area contributed by atoms with Crippen molar-refractivity contribution < 1.29 is 22.0 Å². The van der Waals surface area contributed by atoms with Gasteiger partial charge < -0.3 is 4.90 Å². The van der Waals surface area contributed by atoms with Crippen LogP contribution in [0.15, 0.2) is 53.7 Å². The average molecular weight is 487 g/mol. The Bertz CT molecular complexity index is 1490. The molecule has 2 aromatic heterocycles. The second-order valence-electron chi connectivity index (χ2n) is 7.67. The van der Waals surface area contributed by atoms with Crippen LogP contribution in [0.1, 0.15) is 11.3 Å². The molecule has 0 saturated carbocycles. The summed E-state index contributed by atoms with van der Waals surface area (Å²) in [7, 11) is -0.879. The predicted molar refractivity (Wildman–Crippen MR) is 123 cm³/mol. The molecule has 0 spiro atoms. The number of carbonyl (C=O) groups is 1. The molecule has 2 aromatic carbocycles. The Hall–Kier alpha value is -4.06. The van der Waals surface area contributed by atoms with E-state index < -0.39 is 26.6 Å². The average Bonchev–Trinajstić information content (AvgIpc) is 3.37. The maximum Gasteiger partial charge on any atom is 0.262 e. The normalized spacial score (nSPS) is 11.9. The van der Waals surface area contributed by atoms with Gasteiger partial charge in [-0.2, -0.15) is 10.2 Å². The highest BCUT2D eigenvalue weighted by Gasteiger charge is 2.17. The monoisotopic (exact) mass is 486 g/mol. The molecule has 9 nitrogen and oxygen atoms in total. The summed E-state index contributed by atoms with van der Waals surface area (Å²) in [6.07, 6.45) is 6.79. The summed E-state index contributed by atoms with van der Waals surface area (Å²) < 4.78 is 55.9. The van der Waals surface area contributed by atoms with Crippen molar-refractivity contribution in [1.82, 2.24) is 24.9 Å². The number of aromatic amines is 1. The molecular formula is C22H20F2N6O3S. The molecule has 0 aliphatic carbocycles. The Balaban J connectivity index is 1.56. The lowest BCUT2D eigenvalue weighted by atomic mass is 10.1. The Morgan fingerprint density at radius 1 is 1.15 bits per heavy atom. The third-order valence-corrected chi connectivity index (χ3v) is 6.23. The zero-order chi connectivity index (χ0) is 24.5. The summed E-state index contributed by atoms with van der Waals surface area (Å²) in [6.45, 7) is 0.116. The maximum atomic E-state index is 13.5. The zero-order valence-corrected chi connectivity index (χ0v) is 19.0. The van der Waals surface area contributed by atoms with Crippen LogP contribution in [0, 0.1) is 11.6 Å². The van der Waals surface area contributed by atoms with Crippen molar-refractivity contribution in [2.24, 2.45) is 0 Å². The third-order valence-electron chi connectivity index (χ3n) is 4.87. The lowest BCUT2D eigenvalue weighted by Crippen LogP contribution is -2.26. The van der Waals surface area contributed by atoms with Gasteiger partial charge in [-0.15, -0.1) is 0 Å². The van der Waals surface area contributed by atoms with Crippen LogP contribution in [-0.4, -0.2) is 53.3 Å². The van der Waals surface area contributed by atoms with E-state index >= 15 is 0 Å². The number of aromatic nitrogens is 4. The van der Waals surface area contributed by atoms with Crippen molar-refractivity contribution in [1.29, 1.82) is 0 Å². The molecule has 12 heteroatoms. The molecule has 0 fully saturated rings. The van der Waals surface area contributed by atoms with E-state index in [1.165, 1.54) is 15.6 Å². The molecule has 34 heavy (non-hydrogen) atoms. The van der Waals surface area contributed by atoms with E-state index in [0.29, 0.717) is 22.7 Å². The number of benzene rings is 2. The van der Waals surface area contributed by atoms with E-state index in [4.69, 9.17) is 0 Å². The molecule has 176 valence electrons. The van der Waals surface area contributed by atoms with Gasteiger partial charge in [-0.1, -0.05) is 0 Å². The molecule has 2 heterocycles. The summed E-state index contributed by atoms with van der Waals surface area (Å²) in [5, 5.41) is 11.9. The summed E-state index contributed by atoms with van der Waals surface area (Å²) in [5.74, 6) is -2.08. The molecule has 0 aliphatic heterocycles. The molecule has 4 aromatic rings. The van der Waals surface area contributed by atoms with E-state index in [1.807, 2.05) is 0 Å². The van der Waals surface area contributed by atoms with Gasteiger partial charge in [-0.25, -0.2) is 17.2 Å². The fourth-order valence-electron chi connectivity index (χ4n) is 3.13. The van der Waals surface area contributed by atoms with E-state index in [0.717, 1.165) is 17.7 Å². The standard InChI is InChI=1S/C22H20F2N6O3S/c1-29(2)22(31)13-30-12-14(11-25-30)3-5-20-19-10-17(4-6-21(19)27-26-20)28-34(32,33)18-8-15(23)7-16(24)9-18/h3-12,28H,13H2,1-2H3,(H,26,27). The fourth-order valence-corrected chi connectivity index (χ4v) is 4.22. The highest BCUT2D eigenvalue weighted by molar-refractivity contribution is 7.92. The molecule has 0 unspecified atom stereocenters. The topological polar surface area (TPSA) is 113 Å². The number of anilines is 1. The van der Waals surface area contributed by atoms with Gasteiger partial charge in [0.1, 0.15) is 18.2 Å². The second kappa shape index (κ2) is 9.06. The first-order valence-electron chi connectivity index (χ1n) is 9.98. The number of nitrogens with one attached hydrogen (secondary N) is 2. The minimum atomic E-state index is -4.21. The molecule has 2 N–H and O–H groups in total. The van der Waals surface area contributed by atoms with Crippen LogP contribution < -0.4 is 4.72 Å². The van der Waals surface area contributed by atoms with E-state index in [2.05, 4.69) is 20.0 Å². The van der Waals surface area contributed by atoms with Crippen molar-refractivity contribution in [3.8, 4) is 0 Å². The lowest BCUT2D eigenvalue weighted by molar-refractivity contribution is -0.129. The number of nitrogens with zero attached hydrogens (tertiary/aromatic N) is 4. The summed E-state index contributed by atoms with van der Waals surface area (Å²) in [4.78, 5) is 12.8. The minimum Gasteiger partial charge on any atom is -0.347 e. The molecule has 0 atom stereocenters. The van der Waals surface area contributed by atoms with Crippen molar-refractivity contribution in [3.63, 3.8) is 0 Å². The van der Waals surface area contributed by atoms with Crippen LogP contribution >= 0.6 is 0 Å². The highest BCUT2D eigenvalue weighted by atomic mass is 32.2. The number of amides is 1. The first-order chi connectivity index (χ1) is 16.1. The van der Waals surface area contributed by atoms with Crippen LogP contribution in [-0.2, 0) is 21.4 Å². The molecule has 0 aliphatic rings. The van der Waals surface area contributed by atoms with E-state index in [-0.39, 0.29) is 18.1 Å². The molecule has 4 rings (SSSR count). The van der Waals surface area contributed by atoms with Gasteiger partial charge in [0, 0.05) is 43.0 Å². The number of rotatable bonds is 7. The minimum absolute atomic E-state index is 0.0899. The van der Waals surface area contributed by atoms with Crippen LogP contribution in [0.5, 0.6) is 0 Å². The number of sulfonamides is 1. The molecule has 1 amide bonds. The quantitative estimate of drug-likeness (QED) is 0.417. The van der Waals surface area contributed by atoms with Gasteiger partial charge in [0.2, 0.25) is 5.91 Å². The third kappa shape index (κ3) is 5.12. The van der Waals surface area contributed by atoms with Gasteiger partial charge >= 0.3 is 0 Å². The largest absolute Gasteiger partial charge is 0.347 e. The van der Waals surface area contributed by atoms with Gasteiger partial charge in [0.05, 0.1) is 22.3 Å². The number of hydrogen-bond donors (Lipinski definition) is 2. The Labute approximate surface area is 193 Å². The van der Waals surface area contributed by atoms with Gasteiger partial charge in [0.25, 0.3) is 10.0 Å². The van der Waals surface area contributed by atoms with Gasteiger partial charge in [0.15, 0.2) is 0 Å². The zero-order valence-electron chi connectivity index (χ0n) is 18.2. The van der Waals surface area contributed by atoms with Crippen LogP contribution in [0.2, 0.25) is 0 Å². The fraction of sp³-hybridized carbons (Fsp3) is 0.136. The van der Waals surface area contributed by atoms with Crippen molar-refractivity contribution in [2.45, 2.75) is 11.4 Å². The predicted octanol–water partition coefficient (Wildman–Crippen LogP) is 3.10. The van der Waals surface area contributed by atoms with Gasteiger partial charge in [-0.3, -0.25) is 19.3 Å². The number of H-pyrrole nitrogens is 1. The van der Waals surface area contributed by atoms with Crippen LogP contribution in [0.4, 0.5) is 14.5 Å². The van der Waals surface area contributed by atoms with Crippen molar-refractivity contribution >= 4 is 44.7 Å². The molecule has 0 radical (unpaired) electrons. The molecule has 0 saturated heterocycles. The number of hydrogen-bond acceptors (Lipinski definition) is 5. The SMILES string of the molecule is CN(C)C(=O)Cn1cc(C=Cc2n[nH]c3ccc(NS(=O)(=O)c4cc(F)cc(F)c4)cc23)cn1. The summed E-state index contributed by atoms with van der Waals surface area (Å²) >= 11 is 0. The Kier molecular flexibility index (Phi) is 6.16. The van der Waals surface area contributed by atoms with Crippen molar-refractivity contribution in [3.05, 3.63) is 71.7 Å². The number of fused-ring (bicyclic) bond motifs is 1. The van der Waals surface area contributed by atoms with Crippen LogP contribution in [0.25, 0.3) is 23.1 Å². The summed E-state index contributed by atoms with van der Waals surface area (Å²) in [5.41, 5.74) is 2.13. The first kappa shape index (κ1) is 23.1. The first-order valence-corrected chi connectivity index (χ1v) is 11.5.